The molecule has 0 atom stereocenters. The fourth-order valence-electron chi connectivity index (χ4n) is 1.97. The Morgan fingerprint density at radius 3 is 2.83 bits per heavy atom. The Labute approximate surface area is 115 Å². The number of halogens is 2. The zero-order valence-electron chi connectivity index (χ0n) is 9.55. The fraction of sp³-hybridized carbons (Fsp3) is 0.0714. The van der Waals surface area contributed by atoms with E-state index in [0.29, 0.717) is 10.0 Å². The van der Waals surface area contributed by atoms with E-state index in [9.17, 15) is 0 Å². The Hall–Kier alpha value is -1.51. The zero-order valence-corrected chi connectivity index (χ0v) is 11.1. The quantitative estimate of drug-likeness (QED) is 0.633. The monoisotopic (exact) mass is 277 g/mol. The number of rotatable bonds is 2. The van der Waals surface area contributed by atoms with Gasteiger partial charge in [-0.2, -0.15) is 4.57 Å². The molecule has 0 amide bonds. The number of hydrogen-bond acceptors (Lipinski definition) is 0. The van der Waals surface area contributed by atoms with Gasteiger partial charge in [0.05, 0.1) is 11.2 Å². The maximum Gasteiger partial charge on any atom is 0.193 e. The lowest BCUT2D eigenvalue weighted by atomic mass is 10.2. The van der Waals surface area contributed by atoms with Gasteiger partial charge in [0.25, 0.3) is 0 Å². The molecule has 2 aromatic heterocycles. The molecule has 0 aliphatic carbocycles. The van der Waals surface area contributed by atoms with E-state index in [0.717, 1.165) is 17.6 Å². The molecule has 0 spiro atoms. The highest BCUT2D eigenvalue weighted by Gasteiger charge is 2.08. The summed E-state index contributed by atoms with van der Waals surface area (Å²) in [5.41, 5.74) is 2.21. The standard InChI is InChI=1S/C14H11Cl2N2/c15-12-4-3-11(14(16)8-12)9-17-6-7-18-5-1-2-13(18)10-17/h1-8,10H,9H2/q+1. The maximum atomic E-state index is 6.17. The van der Waals surface area contributed by atoms with Crippen LogP contribution < -0.4 is 4.57 Å². The van der Waals surface area contributed by atoms with E-state index < -0.39 is 0 Å². The van der Waals surface area contributed by atoms with Gasteiger partial charge in [0, 0.05) is 16.8 Å². The predicted octanol–water partition coefficient (Wildman–Crippen LogP) is 3.58. The summed E-state index contributed by atoms with van der Waals surface area (Å²) < 4.78 is 4.17. The molecule has 0 unspecified atom stereocenters. The van der Waals surface area contributed by atoms with E-state index in [1.165, 1.54) is 0 Å². The lowest BCUT2D eigenvalue weighted by Gasteiger charge is -2.02. The van der Waals surface area contributed by atoms with Crippen molar-refractivity contribution in [2.45, 2.75) is 6.54 Å². The molecule has 3 rings (SSSR count). The smallest absolute Gasteiger partial charge is 0.193 e. The van der Waals surface area contributed by atoms with Crippen molar-refractivity contribution in [2.75, 3.05) is 0 Å². The van der Waals surface area contributed by atoms with Gasteiger partial charge in [-0.1, -0.05) is 23.2 Å². The summed E-state index contributed by atoms with van der Waals surface area (Å²) in [4.78, 5) is 0. The molecule has 0 N–H and O–H groups in total. The molecule has 0 bridgehead atoms. The zero-order chi connectivity index (χ0) is 12.5. The van der Waals surface area contributed by atoms with E-state index in [4.69, 9.17) is 23.2 Å². The van der Waals surface area contributed by atoms with E-state index in [-0.39, 0.29) is 0 Å². The molecule has 90 valence electrons. The summed E-state index contributed by atoms with van der Waals surface area (Å²) >= 11 is 12.1. The Morgan fingerprint density at radius 1 is 1.11 bits per heavy atom. The molecule has 3 aromatic rings. The second kappa shape index (κ2) is 4.63. The van der Waals surface area contributed by atoms with Gasteiger partial charge in [0.15, 0.2) is 18.9 Å². The van der Waals surface area contributed by atoms with Gasteiger partial charge in [-0.25, -0.2) is 0 Å². The van der Waals surface area contributed by atoms with Gasteiger partial charge in [-0.05, 0) is 30.3 Å². The maximum absolute atomic E-state index is 6.17. The lowest BCUT2D eigenvalue weighted by Crippen LogP contribution is -2.33. The molecular weight excluding hydrogens is 267 g/mol. The van der Waals surface area contributed by atoms with E-state index >= 15 is 0 Å². The molecule has 0 saturated heterocycles. The number of hydrogen-bond donors (Lipinski definition) is 0. The van der Waals surface area contributed by atoms with Crippen molar-refractivity contribution in [1.29, 1.82) is 0 Å². The Morgan fingerprint density at radius 2 is 2.00 bits per heavy atom. The Bertz CT molecular complexity index is 704. The van der Waals surface area contributed by atoms with Crippen molar-refractivity contribution in [2.24, 2.45) is 0 Å². The van der Waals surface area contributed by atoms with Crippen LogP contribution in [-0.2, 0) is 6.54 Å². The average Bonchev–Trinajstić information content (AvgIpc) is 2.80. The van der Waals surface area contributed by atoms with E-state index in [2.05, 4.69) is 21.2 Å². The van der Waals surface area contributed by atoms with Gasteiger partial charge in [0.2, 0.25) is 0 Å². The number of fused-ring (bicyclic) bond motifs is 1. The largest absolute Gasteiger partial charge is 0.313 e. The van der Waals surface area contributed by atoms with Gasteiger partial charge < -0.3 is 4.40 Å². The minimum atomic E-state index is 0.663. The first kappa shape index (κ1) is 11.6. The van der Waals surface area contributed by atoms with Crippen molar-refractivity contribution in [3.05, 3.63) is 70.7 Å². The molecule has 0 aliphatic rings. The molecule has 1 aromatic carbocycles. The summed E-state index contributed by atoms with van der Waals surface area (Å²) in [6.07, 6.45) is 8.16. The predicted molar refractivity (Wildman–Crippen MR) is 73.2 cm³/mol. The highest BCUT2D eigenvalue weighted by molar-refractivity contribution is 6.35. The third-order valence-electron chi connectivity index (χ3n) is 2.90. The van der Waals surface area contributed by atoms with Gasteiger partial charge in [-0.3, -0.25) is 0 Å². The van der Waals surface area contributed by atoms with Crippen LogP contribution in [-0.4, -0.2) is 4.40 Å². The van der Waals surface area contributed by atoms with Crippen LogP contribution in [0.15, 0.2) is 55.1 Å². The Kier molecular flexibility index (Phi) is 2.98. The second-order valence-electron chi connectivity index (χ2n) is 4.18. The Balaban J connectivity index is 1.95. The average molecular weight is 278 g/mol. The summed E-state index contributed by atoms with van der Waals surface area (Å²) in [5, 5.41) is 1.36. The van der Waals surface area contributed by atoms with Crippen molar-refractivity contribution < 1.29 is 4.57 Å². The van der Waals surface area contributed by atoms with Crippen LogP contribution in [0.1, 0.15) is 5.56 Å². The lowest BCUT2D eigenvalue weighted by molar-refractivity contribution is -0.687. The van der Waals surface area contributed by atoms with E-state index in [1.807, 2.05) is 36.8 Å². The fourth-order valence-corrected chi connectivity index (χ4v) is 2.44. The molecule has 0 aliphatic heterocycles. The number of aromatic nitrogens is 2. The third-order valence-corrected chi connectivity index (χ3v) is 3.48. The van der Waals surface area contributed by atoms with Crippen LogP contribution in [0, 0.1) is 0 Å². The third kappa shape index (κ3) is 2.22. The van der Waals surface area contributed by atoms with Crippen LogP contribution >= 0.6 is 23.2 Å². The van der Waals surface area contributed by atoms with E-state index in [1.54, 1.807) is 6.07 Å². The SMILES string of the molecule is Clc1ccc(C[n+]2ccn3cccc3c2)c(Cl)c1. The molecule has 4 heteroatoms. The molecule has 18 heavy (non-hydrogen) atoms. The molecule has 0 radical (unpaired) electrons. The summed E-state index contributed by atoms with van der Waals surface area (Å²) in [7, 11) is 0. The summed E-state index contributed by atoms with van der Waals surface area (Å²) in [6, 6.07) is 9.68. The van der Waals surface area contributed by atoms with Crippen LogP contribution in [0.2, 0.25) is 10.0 Å². The number of benzene rings is 1. The summed E-state index contributed by atoms with van der Waals surface area (Å²) in [5.74, 6) is 0. The van der Waals surface area contributed by atoms with Crippen molar-refractivity contribution in [1.82, 2.24) is 4.40 Å². The molecule has 2 nitrogen and oxygen atoms in total. The number of nitrogens with zero attached hydrogens (tertiary/aromatic N) is 2. The minimum absolute atomic E-state index is 0.663. The van der Waals surface area contributed by atoms with Gasteiger partial charge in [0.1, 0.15) is 5.52 Å². The van der Waals surface area contributed by atoms with Crippen molar-refractivity contribution in [3.8, 4) is 0 Å². The first-order chi connectivity index (χ1) is 8.72. The summed E-state index contributed by atoms with van der Waals surface area (Å²) in [6.45, 7) is 0.734. The van der Waals surface area contributed by atoms with Crippen LogP contribution in [0.3, 0.4) is 0 Å². The van der Waals surface area contributed by atoms with Crippen LogP contribution in [0.25, 0.3) is 5.52 Å². The second-order valence-corrected chi connectivity index (χ2v) is 5.02. The van der Waals surface area contributed by atoms with Crippen LogP contribution in [0.4, 0.5) is 0 Å². The molecule has 2 heterocycles. The highest BCUT2D eigenvalue weighted by atomic mass is 35.5. The van der Waals surface area contributed by atoms with Gasteiger partial charge >= 0.3 is 0 Å². The normalized spacial score (nSPS) is 11.0. The highest BCUT2D eigenvalue weighted by Crippen LogP contribution is 2.20. The molecule has 0 fully saturated rings. The molecule has 0 saturated carbocycles. The minimum Gasteiger partial charge on any atom is -0.313 e. The van der Waals surface area contributed by atoms with Crippen molar-refractivity contribution in [3.63, 3.8) is 0 Å². The first-order valence-corrected chi connectivity index (χ1v) is 6.38. The topological polar surface area (TPSA) is 8.29 Å². The van der Waals surface area contributed by atoms with Crippen molar-refractivity contribution >= 4 is 28.7 Å². The van der Waals surface area contributed by atoms with Crippen LogP contribution in [0.5, 0.6) is 0 Å². The molecular formula is C14H11Cl2N2+. The first-order valence-electron chi connectivity index (χ1n) is 5.62. The van der Waals surface area contributed by atoms with Gasteiger partial charge in [-0.15, -0.1) is 0 Å².